The van der Waals surface area contributed by atoms with Gasteiger partial charge in [0.25, 0.3) is 0 Å². The highest BCUT2D eigenvalue weighted by Crippen LogP contribution is 2.49. The molecule has 0 saturated heterocycles. The molecule has 2 aliphatic rings. The molecule has 1 aromatic rings. The third-order valence-electron chi connectivity index (χ3n) is 3.95. The number of fused-ring (bicyclic) bond motifs is 2. The Morgan fingerprint density at radius 1 is 1.20 bits per heavy atom. The Bertz CT molecular complexity index is 432. The minimum absolute atomic E-state index is 0.183. The summed E-state index contributed by atoms with van der Waals surface area (Å²) in [5.74, 6) is 0.186. The molecule has 0 radical (unpaired) electrons. The van der Waals surface area contributed by atoms with Crippen molar-refractivity contribution in [1.29, 1.82) is 0 Å². The number of carbonyl (C=O) groups excluding carboxylic acids is 1. The largest absolute Gasteiger partial charge is 0.299 e. The van der Waals surface area contributed by atoms with Crippen LogP contribution in [0.3, 0.4) is 0 Å². The van der Waals surface area contributed by atoms with E-state index in [0.29, 0.717) is 18.6 Å². The van der Waals surface area contributed by atoms with Crippen LogP contribution in [0.2, 0.25) is 0 Å². The van der Waals surface area contributed by atoms with E-state index in [4.69, 9.17) is 0 Å². The summed E-state index contributed by atoms with van der Waals surface area (Å²) >= 11 is 0. The topological polar surface area (TPSA) is 17.1 Å². The van der Waals surface area contributed by atoms with Gasteiger partial charge in [-0.3, -0.25) is 4.79 Å². The third kappa shape index (κ3) is 1.11. The normalized spacial score (nSPS) is 22.3. The first-order valence-electron chi connectivity index (χ1n) is 5.55. The van der Waals surface area contributed by atoms with Gasteiger partial charge in [-0.05, 0) is 42.5 Å². The maximum atomic E-state index is 13.1. The highest BCUT2D eigenvalue weighted by Gasteiger charge is 2.47. The van der Waals surface area contributed by atoms with Gasteiger partial charge in [-0.15, -0.1) is 0 Å². The molecule has 2 heteroatoms. The summed E-state index contributed by atoms with van der Waals surface area (Å²) in [5, 5.41) is 0. The predicted octanol–water partition coefficient (Wildman–Crippen LogP) is 2.76. The Labute approximate surface area is 88.3 Å². The molecule has 15 heavy (non-hydrogen) atoms. The molecule has 2 aliphatic carbocycles. The van der Waals surface area contributed by atoms with E-state index in [0.717, 1.165) is 30.4 Å². The fraction of sp³-hybridized carbons (Fsp3) is 0.462. The van der Waals surface area contributed by atoms with Crippen molar-refractivity contribution in [2.24, 2.45) is 0 Å². The summed E-state index contributed by atoms with van der Waals surface area (Å²) in [4.78, 5) is 12.0. The molecule has 78 valence electrons. The number of carbonyl (C=O) groups is 1. The van der Waals surface area contributed by atoms with E-state index < -0.39 is 0 Å². The van der Waals surface area contributed by atoms with Crippen LogP contribution in [0.25, 0.3) is 0 Å². The SMILES string of the molecule is O=C1CCc2cc(F)ccc2C12CCC2. The summed E-state index contributed by atoms with van der Waals surface area (Å²) in [6.07, 6.45) is 4.36. The van der Waals surface area contributed by atoms with Crippen molar-refractivity contribution < 1.29 is 9.18 Å². The average molecular weight is 204 g/mol. The standard InChI is InChI=1S/C13H13FO/c14-10-3-4-11-9(8-10)2-5-12(15)13(11)6-1-7-13/h3-4,8H,1-2,5-7H2. The average Bonchev–Trinajstić information content (AvgIpc) is 2.15. The van der Waals surface area contributed by atoms with Crippen LogP contribution in [-0.2, 0) is 16.6 Å². The van der Waals surface area contributed by atoms with Crippen molar-refractivity contribution in [3.63, 3.8) is 0 Å². The molecule has 0 N–H and O–H groups in total. The van der Waals surface area contributed by atoms with Crippen molar-refractivity contribution in [1.82, 2.24) is 0 Å². The fourth-order valence-electron chi connectivity index (χ4n) is 2.95. The first-order chi connectivity index (χ1) is 7.22. The van der Waals surface area contributed by atoms with Crippen molar-refractivity contribution in [3.8, 4) is 0 Å². The van der Waals surface area contributed by atoms with Crippen LogP contribution in [0.1, 0.15) is 36.8 Å². The van der Waals surface area contributed by atoms with Crippen LogP contribution in [-0.4, -0.2) is 5.78 Å². The van der Waals surface area contributed by atoms with E-state index in [1.807, 2.05) is 6.07 Å². The molecule has 0 aliphatic heterocycles. The maximum absolute atomic E-state index is 13.1. The third-order valence-corrected chi connectivity index (χ3v) is 3.95. The van der Waals surface area contributed by atoms with Crippen LogP contribution in [0.4, 0.5) is 4.39 Å². The van der Waals surface area contributed by atoms with Gasteiger partial charge in [0.1, 0.15) is 11.6 Å². The quantitative estimate of drug-likeness (QED) is 0.635. The molecule has 0 bridgehead atoms. The van der Waals surface area contributed by atoms with Crippen LogP contribution < -0.4 is 0 Å². The Kier molecular flexibility index (Phi) is 1.76. The maximum Gasteiger partial charge on any atom is 0.143 e. The first kappa shape index (κ1) is 9.08. The van der Waals surface area contributed by atoms with Gasteiger partial charge in [-0.2, -0.15) is 0 Å². The number of hydrogen-bond donors (Lipinski definition) is 0. The Balaban J connectivity index is 2.16. The van der Waals surface area contributed by atoms with E-state index in [9.17, 15) is 9.18 Å². The minimum Gasteiger partial charge on any atom is -0.299 e. The van der Waals surface area contributed by atoms with Crippen molar-refractivity contribution >= 4 is 5.78 Å². The Hall–Kier alpha value is -1.18. The summed E-state index contributed by atoms with van der Waals surface area (Å²) in [6, 6.07) is 4.90. The van der Waals surface area contributed by atoms with Crippen LogP contribution >= 0.6 is 0 Å². The lowest BCUT2D eigenvalue weighted by Crippen LogP contribution is -2.45. The van der Waals surface area contributed by atoms with Gasteiger partial charge in [0, 0.05) is 6.42 Å². The second-order valence-electron chi connectivity index (χ2n) is 4.66. The van der Waals surface area contributed by atoms with E-state index in [2.05, 4.69) is 0 Å². The minimum atomic E-state index is -0.221. The molecule has 0 atom stereocenters. The number of rotatable bonds is 0. The van der Waals surface area contributed by atoms with Crippen LogP contribution in [0.5, 0.6) is 0 Å². The summed E-state index contributed by atoms with van der Waals surface area (Å²) in [6.45, 7) is 0. The molecule has 1 fully saturated rings. The Morgan fingerprint density at radius 3 is 2.67 bits per heavy atom. The van der Waals surface area contributed by atoms with Gasteiger partial charge in [-0.1, -0.05) is 12.5 Å². The van der Waals surface area contributed by atoms with Crippen molar-refractivity contribution in [2.45, 2.75) is 37.5 Å². The van der Waals surface area contributed by atoms with Crippen LogP contribution in [0.15, 0.2) is 18.2 Å². The smallest absolute Gasteiger partial charge is 0.143 e. The molecule has 0 amide bonds. The van der Waals surface area contributed by atoms with Crippen molar-refractivity contribution in [3.05, 3.63) is 35.1 Å². The number of benzene rings is 1. The Morgan fingerprint density at radius 2 is 2.00 bits per heavy atom. The number of aryl methyl sites for hydroxylation is 1. The van der Waals surface area contributed by atoms with E-state index in [1.54, 1.807) is 6.07 Å². The molecule has 1 nitrogen and oxygen atoms in total. The van der Waals surface area contributed by atoms with Gasteiger partial charge < -0.3 is 0 Å². The van der Waals surface area contributed by atoms with E-state index >= 15 is 0 Å². The lowest BCUT2D eigenvalue weighted by atomic mass is 9.57. The molecule has 0 heterocycles. The van der Waals surface area contributed by atoms with Gasteiger partial charge in [0.05, 0.1) is 5.41 Å². The number of Topliss-reactive ketones (excluding diaryl/α,β-unsaturated/α-hetero) is 1. The monoisotopic (exact) mass is 204 g/mol. The zero-order valence-electron chi connectivity index (χ0n) is 8.55. The predicted molar refractivity (Wildman–Crippen MR) is 55.3 cm³/mol. The lowest BCUT2D eigenvalue weighted by Gasteiger charge is -2.44. The second-order valence-corrected chi connectivity index (χ2v) is 4.66. The molecule has 0 unspecified atom stereocenters. The lowest BCUT2D eigenvalue weighted by molar-refractivity contribution is -0.128. The van der Waals surface area contributed by atoms with E-state index in [-0.39, 0.29) is 11.2 Å². The number of halogens is 1. The highest BCUT2D eigenvalue weighted by atomic mass is 19.1. The fourth-order valence-corrected chi connectivity index (χ4v) is 2.95. The molecule has 1 saturated carbocycles. The molecule has 1 aromatic carbocycles. The van der Waals surface area contributed by atoms with Crippen molar-refractivity contribution in [2.75, 3.05) is 0 Å². The van der Waals surface area contributed by atoms with E-state index in [1.165, 1.54) is 6.07 Å². The molecule has 3 rings (SSSR count). The number of ketones is 1. The summed E-state index contributed by atoms with van der Waals surface area (Å²) < 4.78 is 13.1. The highest BCUT2D eigenvalue weighted by molar-refractivity contribution is 5.93. The molecular formula is C13H13FO. The van der Waals surface area contributed by atoms with Gasteiger partial charge in [0.15, 0.2) is 0 Å². The second kappa shape index (κ2) is 2.91. The molecular weight excluding hydrogens is 191 g/mol. The zero-order valence-corrected chi connectivity index (χ0v) is 8.55. The van der Waals surface area contributed by atoms with Gasteiger partial charge in [0.2, 0.25) is 0 Å². The zero-order chi connectivity index (χ0) is 10.5. The van der Waals surface area contributed by atoms with Gasteiger partial charge in [-0.25, -0.2) is 4.39 Å². The molecule has 0 aromatic heterocycles. The number of hydrogen-bond acceptors (Lipinski definition) is 1. The summed E-state index contributed by atoms with van der Waals surface area (Å²) in [5.41, 5.74) is 1.93. The van der Waals surface area contributed by atoms with Gasteiger partial charge >= 0.3 is 0 Å². The summed E-state index contributed by atoms with van der Waals surface area (Å²) in [7, 11) is 0. The first-order valence-corrected chi connectivity index (χ1v) is 5.55. The van der Waals surface area contributed by atoms with Crippen LogP contribution in [0, 0.1) is 5.82 Å². The molecule has 1 spiro atoms.